The molecule has 0 atom stereocenters. The Morgan fingerprint density at radius 3 is 2.91 bits per heavy atom. The molecule has 22 heavy (non-hydrogen) atoms. The normalized spacial score (nSPS) is 11.5. The number of benzene rings is 1. The number of sulfonamides is 1. The molecule has 0 aliphatic rings. The summed E-state index contributed by atoms with van der Waals surface area (Å²) in [6.07, 6.45) is 2.99. The molecule has 2 heterocycles. The van der Waals surface area contributed by atoms with Crippen molar-refractivity contribution in [2.75, 3.05) is 11.8 Å². The van der Waals surface area contributed by atoms with Crippen LogP contribution in [0.15, 0.2) is 47.6 Å². The van der Waals surface area contributed by atoms with Crippen LogP contribution >= 0.6 is 11.6 Å². The van der Waals surface area contributed by atoms with Crippen molar-refractivity contribution in [2.45, 2.75) is 4.90 Å². The molecule has 0 aliphatic carbocycles. The number of nitrogens with zero attached hydrogens (tertiary/aromatic N) is 1. The number of rotatable bonds is 4. The second-order valence-corrected chi connectivity index (χ2v) is 6.59. The van der Waals surface area contributed by atoms with Gasteiger partial charge >= 0.3 is 0 Å². The molecule has 8 heteroatoms. The molecule has 2 aromatic heterocycles. The van der Waals surface area contributed by atoms with Crippen molar-refractivity contribution < 1.29 is 13.2 Å². The van der Waals surface area contributed by atoms with Crippen LogP contribution in [-0.2, 0) is 10.0 Å². The van der Waals surface area contributed by atoms with Gasteiger partial charge in [-0.3, -0.25) is 4.72 Å². The van der Waals surface area contributed by atoms with Gasteiger partial charge in [-0.15, -0.1) is 0 Å². The van der Waals surface area contributed by atoms with Gasteiger partial charge in [0.15, 0.2) is 0 Å². The Morgan fingerprint density at radius 1 is 1.32 bits per heavy atom. The van der Waals surface area contributed by atoms with E-state index < -0.39 is 10.0 Å². The zero-order chi connectivity index (χ0) is 15.7. The van der Waals surface area contributed by atoms with Crippen molar-refractivity contribution in [2.24, 2.45) is 0 Å². The average molecular weight is 338 g/mol. The molecule has 2 N–H and O–H groups in total. The van der Waals surface area contributed by atoms with E-state index in [2.05, 4.69) is 14.7 Å². The number of hydrogen-bond acceptors (Lipinski definition) is 4. The molecule has 0 unspecified atom stereocenters. The molecule has 0 spiro atoms. The lowest BCUT2D eigenvalue weighted by atomic mass is 10.3. The number of anilines is 1. The van der Waals surface area contributed by atoms with Crippen molar-refractivity contribution in [1.29, 1.82) is 0 Å². The summed E-state index contributed by atoms with van der Waals surface area (Å²) in [5.74, 6) is 0.381. The number of H-pyrrole nitrogens is 1. The summed E-state index contributed by atoms with van der Waals surface area (Å²) < 4.78 is 32.8. The maximum Gasteiger partial charge on any atom is 0.264 e. The summed E-state index contributed by atoms with van der Waals surface area (Å²) in [7, 11) is -2.35. The Morgan fingerprint density at radius 2 is 2.14 bits per heavy atom. The standard InChI is InChI=1S/C14H12ClN3O3S/c1-21-12-5-4-9(15)7-11(12)18-22(19,20)13-8-17-14-10(13)3-2-6-16-14/h2-8,18H,1H3,(H,16,17). The molecule has 3 aromatic rings. The number of fused-ring (bicyclic) bond motifs is 1. The van der Waals surface area contributed by atoms with Gasteiger partial charge < -0.3 is 9.72 Å². The number of ether oxygens (including phenoxy) is 1. The van der Waals surface area contributed by atoms with Gasteiger partial charge in [-0.1, -0.05) is 11.6 Å². The lowest BCUT2D eigenvalue weighted by Crippen LogP contribution is -2.13. The molecule has 3 rings (SSSR count). The van der Waals surface area contributed by atoms with Crippen LogP contribution in [0.5, 0.6) is 5.75 Å². The van der Waals surface area contributed by atoms with Crippen molar-refractivity contribution in [3.8, 4) is 5.75 Å². The fraction of sp³-hybridized carbons (Fsp3) is 0.0714. The highest BCUT2D eigenvalue weighted by atomic mass is 35.5. The predicted molar refractivity (Wildman–Crippen MR) is 84.9 cm³/mol. The lowest BCUT2D eigenvalue weighted by molar-refractivity contribution is 0.417. The van der Waals surface area contributed by atoms with Crippen molar-refractivity contribution in [3.63, 3.8) is 0 Å². The molecule has 0 amide bonds. The molecular formula is C14H12ClN3O3S. The minimum atomic E-state index is -3.81. The highest BCUT2D eigenvalue weighted by Gasteiger charge is 2.21. The van der Waals surface area contributed by atoms with E-state index in [1.54, 1.807) is 30.5 Å². The van der Waals surface area contributed by atoms with Crippen molar-refractivity contribution >= 4 is 38.3 Å². The molecule has 1 aromatic carbocycles. The number of aromatic nitrogens is 2. The Hall–Kier alpha value is -2.25. The van der Waals surface area contributed by atoms with E-state index in [-0.39, 0.29) is 10.6 Å². The largest absolute Gasteiger partial charge is 0.495 e. The third kappa shape index (κ3) is 2.60. The molecule has 0 saturated carbocycles. The van der Waals surface area contributed by atoms with Gasteiger partial charge in [-0.25, -0.2) is 13.4 Å². The van der Waals surface area contributed by atoms with Crippen molar-refractivity contribution in [1.82, 2.24) is 9.97 Å². The Kier molecular flexibility index (Phi) is 3.67. The third-order valence-electron chi connectivity index (χ3n) is 3.11. The molecule has 6 nitrogen and oxygen atoms in total. The van der Waals surface area contributed by atoms with E-state index in [1.165, 1.54) is 19.4 Å². The lowest BCUT2D eigenvalue weighted by Gasteiger charge is -2.11. The highest BCUT2D eigenvalue weighted by molar-refractivity contribution is 7.93. The van der Waals surface area contributed by atoms with Gasteiger partial charge in [-0.2, -0.15) is 0 Å². The third-order valence-corrected chi connectivity index (χ3v) is 4.75. The van der Waals surface area contributed by atoms with Crippen molar-refractivity contribution in [3.05, 3.63) is 47.7 Å². The first-order valence-electron chi connectivity index (χ1n) is 6.30. The molecule has 0 fully saturated rings. The van der Waals surface area contributed by atoms with Gasteiger partial charge in [0.2, 0.25) is 0 Å². The van der Waals surface area contributed by atoms with Crippen LogP contribution in [0.3, 0.4) is 0 Å². The maximum atomic E-state index is 12.6. The first kappa shape index (κ1) is 14.7. The summed E-state index contributed by atoms with van der Waals surface area (Å²) in [6, 6.07) is 8.06. The molecular weight excluding hydrogens is 326 g/mol. The van der Waals surface area contributed by atoms with Crippen LogP contribution in [0.2, 0.25) is 5.02 Å². The van der Waals surface area contributed by atoms with Crippen LogP contribution < -0.4 is 9.46 Å². The highest BCUT2D eigenvalue weighted by Crippen LogP contribution is 2.31. The summed E-state index contributed by atoms with van der Waals surface area (Å²) >= 11 is 5.92. The fourth-order valence-electron chi connectivity index (χ4n) is 2.11. The molecule has 114 valence electrons. The van der Waals surface area contributed by atoms with Gasteiger partial charge in [-0.05, 0) is 30.3 Å². The second-order valence-electron chi connectivity index (χ2n) is 4.50. The summed E-state index contributed by atoms with van der Waals surface area (Å²) in [5.41, 5.74) is 0.772. The topological polar surface area (TPSA) is 84.1 Å². The van der Waals surface area contributed by atoms with Gasteiger partial charge in [0.1, 0.15) is 16.3 Å². The first-order valence-corrected chi connectivity index (χ1v) is 8.16. The van der Waals surface area contributed by atoms with Crippen LogP contribution in [-0.4, -0.2) is 25.5 Å². The quantitative estimate of drug-likeness (QED) is 0.766. The number of pyridine rings is 1. The Balaban J connectivity index is 2.06. The number of hydrogen-bond donors (Lipinski definition) is 2. The first-order chi connectivity index (χ1) is 10.5. The van der Waals surface area contributed by atoms with Crippen LogP contribution in [0.1, 0.15) is 0 Å². The average Bonchev–Trinajstić information content (AvgIpc) is 2.92. The number of nitrogens with one attached hydrogen (secondary N) is 2. The number of aromatic amines is 1. The van der Waals surface area contributed by atoms with Gasteiger partial charge in [0, 0.05) is 22.8 Å². The van der Waals surface area contributed by atoms with E-state index in [1.807, 2.05) is 0 Å². The summed E-state index contributed by atoms with van der Waals surface area (Å²) in [5, 5.41) is 0.912. The molecule has 0 saturated heterocycles. The SMILES string of the molecule is COc1ccc(Cl)cc1NS(=O)(=O)c1c[nH]c2ncccc12. The summed E-state index contributed by atoms with van der Waals surface area (Å²) in [4.78, 5) is 7.02. The number of halogens is 1. The smallest absolute Gasteiger partial charge is 0.264 e. The second kappa shape index (κ2) is 5.51. The van der Waals surface area contributed by atoms with Gasteiger partial charge in [0.25, 0.3) is 10.0 Å². The maximum absolute atomic E-state index is 12.6. The predicted octanol–water partition coefficient (Wildman–Crippen LogP) is 3.03. The Bertz CT molecular complexity index is 937. The van der Waals surface area contributed by atoms with E-state index >= 15 is 0 Å². The minimum Gasteiger partial charge on any atom is -0.495 e. The van der Waals surface area contributed by atoms with E-state index in [0.717, 1.165) is 0 Å². The molecule has 0 radical (unpaired) electrons. The van der Waals surface area contributed by atoms with Crippen LogP contribution in [0, 0.1) is 0 Å². The number of methoxy groups -OCH3 is 1. The Labute approximate surface area is 132 Å². The zero-order valence-electron chi connectivity index (χ0n) is 11.5. The molecule has 0 bridgehead atoms. The minimum absolute atomic E-state index is 0.109. The monoisotopic (exact) mass is 337 g/mol. The van der Waals surface area contributed by atoms with E-state index in [0.29, 0.717) is 21.8 Å². The van der Waals surface area contributed by atoms with Crippen LogP contribution in [0.25, 0.3) is 11.0 Å². The summed E-state index contributed by atoms with van der Waals surface area (Å²) in [6.45, 7) is 0. The fourth-order valence-corrected chi connectivity index (χ4v) is 3.51. The van der Waals surface area contributed by atoms with E-state index in [9.17, 15) is 8.42 Å². The van der Waals surface area contributed by atoms with E-state index in [4.69, 9.17) is 16.3 Å². The van der Waals surface area contributed by atoms with Gasteiger partial charge in [0.05, 0.1) is 12.8 Å². The van der Waals surface area contributed by atoms with Crippen LogP contribution in [0.4, 0.5) is 5.69 Å². The zero-order valence-corrected chi connectivity index (χ0v) is 13.1. The molecule has 0 aliphatic heterocycles.